The first kappa shape index (κ1) is 21.1. The zero-order chi connectivity index (χ0) is 20.9. The molecule has 0 atom stereocenters. The molecule has 3 aromatic rings. The first-order chi connectivity index (χ1) is 13.8. The molecule has 3 rings (SSSR count). The van der Waals surface area contributed by atoms with Crippen LogP contribution in [0.3, 0.4) is 0 Å². The minimum absolute atomic E-state index is 0.00464. The molecular formula is C23H28N4OS. The van der Waals surface area contributed by atoms with Gasteiger partial charge in [-0.1, -0.05) is 87.1 Å². The van der Waals surface area contributed by atoms with Gasteiger partial charge in [-0.25, -0.2) is 0 Å². The van der Waals surface area contributed by atoms with Crippen molar-refractivity contribution in [3.05, 3.63) is 65.7 Å². The third-order valence-corrected chi connectivity index (χ3v) is 5.78. The van der Waals surface area contributed by atoms with Gasteiger partial charge in [-0.15, -0.1) is 10.2 Å². The van der Waals surface area contributed by atoms with Gasteiger partial charge in [0.25, 0.3) is 0 Å². The van der Waals surface area contributed by atoms with Crippen molar-refractivity contribution < 1.29 is 4.79 Å². The molecule has 0 saturated carbocycles. The Bertz CT molecular complexity index is 943. The number of hydrogen-bond donors (Lipinski definition) is 1. The molecule has 0 fully saturated rings. The van der Waals surface area contributed by atoms with Crippen LogP contribution >= 0.6 is 11.8 Å². The van der Waals surface area contributed by atoms with Gasteiger partial charge in [-0.3, -0.25) is 4.79 Å². The lowest BCUT2D eigenvalue weighted by Crippen LogP contribution is -2.27. The minimum Gasteiger partial charge on any atom is -0.355 e. The molecule has 1 aromatic heterocycles. The van der Waals surface area contributed by atoms with E-state index in [2.05, 4.69) is 72.7 Å². The van der Waals surface area contributed by atoms with Crippen LogP contribution < -0.4 is 5.32 Å². The predicted octanol–water partition coefficient (Wildman–Crippen LogP) is 4.23. The fourth-order valence-electron chi connectivity index (χ4n) is 2.98. The van der Waals surface area contributed by atoms with E-state index in [-0.39, 0.29) is 11.3 Å². The van der Waals surface area contributed by atoms with Gasteiger partial charge in [0.1, 0.15) is 0 Å². The van der Waals surface area contributed by atoms with Crippen molar-refractivity contribution in [2.75, 3.05) is 12.3 Å². The lowest BCUT2D eigenvalue weighted by Gasteiger charge is -2.19. The van der Waals surface area contributed by atoms with Gasteiger partial charge in [0.05, 0.1) is 5.75 Å². The zero-order valence-electron chi connectivity index (χ0n) is 17.5. The molecule has 5 nitrogen and oxygen atoms in total. The van der Waals surface area contributed by atoms with Crippen molar-refractivity contribution in [1.29, 1.82) is 0 Å². The van der Waals surface area contributed by atoms with Crippen LogP contribution in [0, 0.1) is 0 Å². The molecule has 1 N–H and O–H groups in total. The maximum absolute atomic E-state index is 12.1. The van der Waals surface area contributed by atoms with E-state index in [1.165, 1.54) is 22.9 Å². The Morgan fingerprint density at radius 2 is 1.72 bits per heavy atom. The van der Waals surface area contributed by atoms with Gasteiger partial charge in [0.15, 0.2) is 11.0 Å². The van der Waals surface area contributed by atoms with Gasteiger partial charge in [-0.2, -0.15) is 0 Å². The Balaban J connectivity index is 1.53. The summed E-state index contributed by atoms with van der Waals surface area (Å²) in [7, 11) is 1.93. The number of hydrogen-bond acceptors (Lipinski definition) is 4. The number of amides is 1. The molecule has 0 saturated heterocycles. The first-order valence-electron chi connectivity index (χ1n) is 9.78. The summed E-state index contributed by atoms with van der Waals surface area (Å²) >= 11 is 1.40. The number of thioether (sulfide) groups is 1. The molecule has 1 heterocycles. The van der Waals surface area contributed by atoms with Crippen LogP contribution in [0.2, 0.25) is 0 Å². The number of nitrogens with one attached hydrogen (secondary N) is 1. The predicted molar refractivity (Wildman–Crippen MR) is 119 cm³/mol. The third kappa shape index (κ3) is 5.70. The Hall–Kier alpha value is -2.60. The van der Waals surface area contributed by atoms with Crippen LogP contribution in [-0.2, 0) is 23.7 Å². The standard InChI is InChI=1S/C23H28N4OS/c1-23(2,3)19-12-10-18(11-13-19)21-25-26-22(27(21)4)29-16-20(28)24-15-14-17-8-6-5-7-9-17/h5-13H,14-16H2,1-4H3,(H,24,28). The highest BCUT2D eigenvalue weighted by atomic mass is 32.2. The molecule has 152 valence electrons. The molecule has 0 spiro atoms. The molecule has 0 radical (unpaired) electrons. The summed E-state index contributed by atoms with van der Waals surface area (Å²) in [5.41, 5.74) is 3.64. The minimum atomic E-state index is 0.00464. The molecule has 0 bridgehead atoms. The van der Waals surface area contributed by atoms with E-state index in [0.717, 1.165) is 23.0 Å². The Morgan fingerprint density at radius 1 is 1.03 bits per heavy atom. The SMILES string of the molecule is Cn1c(SCC(=O)NCCc2ccccc2)nnc1-c1ccc(C(C)(C)C)cc1. The lowest BCUT2D eigenvalue weighted by molar-refractivity contribution is -0.118. The Labute approximate surface area is 176 Å². The third-order valence-electron chi connectivity index (χ3n) is 4.76. The largest absolute Gasteiger partial charge is 0.355 e. The van der Waals surface area contributed by atoms with Crippen molar-refractivity contribution >= 4 is 17.7 Å². The second-order valence-corrected chi connectivity index (χ2v) is 9.01. The number of nitrogens with zero attached hydrogens (tertiary/aromatic N) is 3. The fourth-order valence-corrected chi connectivity index (χ4v) is 3.72. The molecule has 0 aliphatic heterocycles. The van der Waals surface area contributed by atoms with Crippen molar-refractivity contribution in [1.82, 2.24) is 20.1 Å². The molecule has 29 heavy (non-hydrogen) atoms. The summed E-state index contributed by atoms with van der Waals surface area (Å²) < 4.78 is 1.94. The van der Waals surface area contributed by atoms with E-state index >= 15 is 0 Å². The van der Waals surface area contributed by atoms with Gasteiger partial charge in [0.2, 0.25) is 5.91 Å². The summed E-state index contributed by atoms with van der Waals surface area (Å²) in [6.07, 6.45) is 0.829. The van der Waals surface area contributed by atoms with Gasteiger partial charge in [0, 0.05) is 19.2 Å². The molecule has 2 aromatic carbocycles. The van der Waals surface area contributed by atoms with E-state index in [9.17, 15) is 4.79 Å². The van der Waals surface area contributed by atoms with Gasteiger partial charge in [-0.05, 0) is 23.0 Å². The van der Waals surface area contributed by atoms with Crippen LogP contribution in [-0.4, -0.2) is 33.0 Å². The first-order valence-corrected chi connectivity index (χ1v) is 10.8. The van der Waals surface area contributed by atoms with Gasteiger partial charge >= 0.3 is 0 Å². The average Bonchev–Trinajstić information content (AvgIpc) is 3.07. The number of carbonyl (C=O) groups is 1. The zero-order valence-corrected chi connectivity index (χ0v) is 18.3. The summed E-state index contributed by atoms with van der Waals surface area (Å²) in [5, 5.41) is 12.3. The van der Waals surface area contributed by atoms with Crippen LogP contribution in [0.25, 0.3) is 11.4 Å². The lowest BCUT2D eigenvalue weighted by atomic mass is 9.87. The van der Waals surface area contributed by atoms with E-state index in [1.54, 1.807) is 0 Å². The highest BCUT2D eigenvalue weighted by molar-refractivity contribution is 7.99. The van der Waals surface area contributed by atoms with Crippen LogP contribution in [0.1, 0.15) is 31.9 Å². The van der Waals surface area contributed by atoms with E-state index in [4.69, 9.17) is 0 Å². The van der Waals surface area contributed by atoms with Crippen LogP contribution in [0.15, 0.2) is 59.8 Å². The fraction of sp³-hybridized carbons (Fsp3) is 0.348. The second kappa shape index (κ2) is 9.27. The van der Waals surface area contributed by atoms with E-state index in [1.807, 2.05) is 29.8 Å². The molecule has 0 aliphatic carbocycles. The Kier molecular flexibility index (Phi) is 6.75. The maximum Gasteiger partial charge on any atom is 0.230 e. The summed E-state index contributed by atoms with van der Waals surface area (Å²) in [6.45, 7) is 7.23. The average molecular weight is 409 g/mol. The van der Waals surface area contributed by atoms with Crippen molar-refractivity contribution in [3.63, 3.8) is 0 Å². The van der Waals surface area contributed by atoms with Crippen molar-refractivity contribution in [3.8, 4) is 11.4 Å². The number of rotatable bonds is 7. The normalized spacial score (nSPS) is 11.4. The Morgan fingerprint density at radius 3 is 2.38 bits per heavy atom. The number of carbonyl (C=O) groups excluding carboxylic acids is 1. The maximum atomic E-state index is 12.1. The topological polar surface area (TPSA) is 59.8 Å². The molecule has 0 aliphatic rings. The number of benzene rings is 2. The van der Waals surface area contributed by atoms with E-state index in [0.29, 0.717) is 12.3 Å². The van der Waals surface area contributed by atoms with Crippen molar-refractivity contribution in [2.24, 2.45) is 7.05 Å². The quantitative estimate of drug-likeness (QED) is 0.594. The van der Waals surface area contributed by atoms with Crippen LogP contribution in [0.4, 0.5) is 0 Å². The smallest absolute Gasteiger partial charge is 0.230 e. The van der Waals surface area contributed by atoms with Crippen LogP contribution in [0.5, 0.6) is 0 Å². The molecule has 6 heteroatoms. The summed E-state index contributed by atoms with van der Waals surface area (Å²) in [6, 6.07) is 18.6. The van der Waals surface area contributed by atoms with Gasteiger partial charge < -0.3 is 9.88 Å². The highest BCUT2D eigenvalue weighted by Gasteiger charge is 2.16. The summed E-state index contributed by atoms with van der Waals surface area (Å²) in [4.78, 5) is 12.1. The second-order valence-electron chi connectivity index (χ2n) is 8.07. The molecule has 1 amide bonds. The van der Waals surface area contributed by atoms with Crippen molar-refractivity contribution in [2.45, 2.75) is 37.8 Å². The molecule has 0 unspecified atom stereocenters. The monoisotopic (exact) mass is 408 g/mol. The summed E-state index contributed by atoms with van der Waals surface area (Å²) in [5.74, 6) is 1.13. The number of aromatic nitrogens is 3. The highest BCUT2D eigenvalue weighted by Crippen LogP contribution is 2.26. The molecular weight excluding hydrogens is 380 g/mol. The van der Waals surface area contributed by atoms with E-state index < -0.39 is 0 Å².